The lowest BCUT2D eigenvalue weighted by Crippen LogP contribution is -2.26. The molecule has 0 aliphatic rings. The SMILES string of the molecule is Cc1ccc(SCC(=O)NCCCc2ncc[nH]2)cc1. The average molecular weight is 289 g/mol. The first kappa shape index (κ1) is 14.7. The highest BCUT2D eigenvalue weighted by atomic mass is 32.2. The number of benzene rings is 1. The summed E-state index contributed by atoms with van der Waals surface area (Å²) in [7, 11) is 0. The summed E-state index contributed by atoms with van der Waals surface area (Å²) in [5, 5.41) is 2.93. The first-order valence-corrected chi connectivity index (χ1v) is 7.67. The van der Waals surface area contributed by atoms with Gasteiger partial charge in [0.1, 0.15) is 5.82 Å². The number of rotatable bonds is 7. The van der Waals surface area contributed by atoms with Gasteiger partial charge in [0.25, 0.3) is 0 Å². The summed E-state index contributed by atoms with van der Waals surface area (Å²) in [6, 6.07) is 8.21. The second kappa shape index (κ2) is 7.75. The van der Waals surface area contributed by atoms with E-state index in [1.807, 2.05) is 18.3 Å². The lowest BCUT2D eigenvalue weighted by Gasteiger charge is -2.05. The molecule has 20 heavy (non-hydrogen) atoms. The number of carbonyl (C=O) groups excluding carboxylic acids is 1. The second-order valence-corrected chi connectivity index (χ2v) is 5.64. The predicted molar refractivity (Wildman–Crippen MR) is 81.8 cm³/mol. The lowest BCUT2D eigenvalue weighted by molar-refractivity contribution is -0.118. The molecule has 0 saturated carbocycles. The Hall–Kier alpha value is -1.75. The van der Waals surface area contributed by atoms with Gasteiger partial charge in [0.15, 0.2) is 0 Å². The van der Waals surface area contributed by atoms with Crippen LogP contribution in [-0.2, 0) is 11.2 Å². The van der Waals surface area contributed by atoms with Crippen LogP contribution >= 0.6 is 11.8 Å². The normalized spacial score (nSPS) is 10.4. The van der Waals surface area contributed by atoms with Gasteiger partial charge in [0.05, 0.1) is 5.75 Å². The molecule has 0 bridgehead atoms. The number of imidazole rings is 1. The first-order chi connectivity index (χ1) is 9.74. The van der Waals surface area contributed by atoms with Crippen LogP contribution in [0.1, 0.15) is 17.8 Å². The molecule has 4 nitrogen and oxygen atoms in total. The minimum absolute atomic E-state index is 0.0787. The average Bonchev–Trinajstić information content (AvgIpc) is 2.96. The maximum atomic E-state index is 11.7. The van der Waals surface area contributed by atoms with Crippen molar-refractivity contribution in [3.8, 4) is 0 Å². The summed E-state index contributed by atoms with van der Waals surface area (Å²) in [5.74, 6) is 1.51. The number of thioether (sulfide) groups is 1. The number of hydrogen-bond donors (Lipinski definition) is 2. The van der Waals surface area contributed by atoms with E-state index in [9.17, 15) is 4.79 Å². The molecule has 0 unspecified atom stereocenters. The maximum Gasteiger partial charge on any atom is 0.230 e. The third kappa shape index (κ3) is 5.09. The monoisotopic (exact) mass is 289 g/mol. The Morgan fingerprint density at radius 2 is 2.15 bits per heavy atom. The molecule has 2 aromatic rings. The van der Waals surface area contributed by atoms with Crippen LogP contribution in [0.15, 0.2) is 41.6 Å². The summed E-state index contributed by atoms with van der Waals surface area (Å²) in [6.07, 6.45) is 5.31. The number of nitrogens with zero attached hydrogens (tertiary/aromatic N) is 1. The number of carbonyl (C=O) groups is 1. The Bertz CT molecular complexity index is 523. The molecule has 1 heterocycles. The van der Waals surface area contributed by atoms with Crippen LogP contribution in [0.3, 0.4) is 0 Å². The Labute approximate surface area is 123 Å². The molecule has 2 rings (SSSR count). The summed E-state index contributed by atoms with van der Waals surface area (Å²) < 4.78 is 0. The molecule has 0 atom stereocenters. The van der Waals surface area contributed by atoms with Gasteiger partial charge in [-0.2, -0.15) is 0 Å². The molecular weight excluding hydrogens is 270 g/mol. The number of aromatic amines is 1. The van der Waals surface area contributed by atoms with Gasteiger partial charge in [-0.1, -0.05) is 17.7 Å². The summed E-state index contributed by atoms with van der Waals surface area (Å²) >= 11 is 1.56. The van der Waals surface area contributed by atoms with Crippen molar-refractivity contribution in [1.29, 1.82) is 0 Å². The second-order valence-electron chi connectivity index (χ2n) is 4.59. The van der Waals surface area contributed by atoms with Gasteiger partial charge in [0.2, 0.25) is 5.91 Å². The van der Waals surface area contributed by atoms with Crippen molar-refractivity contribution >= 4 is 17.7 Å². The lowest BCUT2D eigenvalue weighted by atomic mass is 10.2. The standard InChI is InChI=1S/C15H19N3OS/c1-12-4-6-13(7-5-12)20-11-15(19)18-8-2-3-14-16-9-10-17-14/h4-7,9-10H,2-3,8,11H2,1H3,(H,16,17)(H,18,19). The number of amides is 1. The topological polar surface area (TPSA) is 57.8 Å². The van der Waals surface area contributed by atoms with Gasteiger partial charge < -0.3 is 10.3 Å². The van der Waals surface area contributed by atoms with Crippen LogP contribution in [0.5, 0.6) is 0 Å². The van der Waals surface area contributed by atoms with E-state index in [4.69, 9.17) is 0 Å². The molecular formula is C15H19N3OS. The Morgan fingerprint density at radius 1 is 1.35 bits per heavy atom. The quantitative estimate of drug-likeness (QED) is 0.608. The van der Waals surface area contributed by atoms with Gasteiger partial charge in [-0.3, -0.25) is 4.79 Å². The number of nitrogens with one attached hydrogen (secondary N) is 2. The highest BCUT2D eigenvalue weighted by Gasteiger charge is 2.02. The molecule has 0 radical (unpaired) electrons. The van der Waals surface area contributed by atoms with E-state index in [2.05, 4.69) is 34.3 Å². The Balaban J connectivity index is 1.59. The van der Waals surface area contributed by atoms with E-state index in [-0.39, 0.29) is 5.91 Å². The zero-order valence-corrected chi connectivity index (χ0v) is 12.4. The van der Waals surface area contributed by atoms with Gasteiger partial charge in [-0.15, -0.1) is 11.8 Å². The zero-order chi connectivity index (χ0) is 14.2. The fourth-order valence-electron chi connectivity index (χ4n) is 1.75. The predicted octanol–water partition coefficient (Wildman–Crippen LogP) is 2.56. The largest absolute Gasteiger partial charge is 0.355 e. The number of aromatic nitrogens is 2. The van der Waals surface area contributed by atoms with Crippen LogP contribution in [0.25, 0.3) is 0 Å². The van der Waals surface area contributed by atoms with Gasteiger partial charge in [-0.05, 0) is 25.5 Å². The third-order valence-corrected chi connectivity index (χ3v) is 3.87. The number of aryl methyl sites for hydroxylation is 2. The van der Waals surface area contributed by atoms with Crippen molar-refractivity contribution in [2.24, 2.45) is 0 Å². The molecule has 0 aliphatic carbocycles. The van der Waals surface area contributed by atoms with E-state index in [1.54, 1.807) is 18.0 Å². The molecule has 0 spiro atoms. The Kier molecular flexibility index (Phi) is 5.68. The van der Waals surface area contributed by atoms with E-state index in [0.717, 1.165) is 23.6 Å². The van der Waals surface area contributed by atoms with Crippen molar-refractivity contribution in [2.45, 2.75) is 24.7 Å². The minimum atomic E-state index is 0.0787. The number of H-pyrrole nitrogens is 1. The van der Waals surface area contributed by atoms with E-state index in [0.29, 0.717) is 12.3 Å². The van der Waals surface area contributed by atoms with Crippen LogP contribution in [0, 0.1) is 6.92 Å². The fraction of sp³-hybridized carbons (Fsp3) is 0.333. The van der Waals surface area contributed by atoms with Crippen molar-refractivity contribution < 1.29 is 4.79 Å². The minimum Gasteiger partial charge on any atom is -0.355 e. The molecule has 106 valence electrons. The van der Waals surface area contributed by atoms with Crippen LogP contribution in [-0.4, -0.2) is 28.2 Å². The van der Waals surface area contributed by atoms with E-state index >= 15 is 0 Å². The maximum absolute atomic E-state index is 11.7. The van der Waals surface area contributed by atoms with Crippen LogP contribution in [0.2, 0.25) is 0 Å². The highest BCUT2D eigenvalue weighted by Crippen LogP contribution is 2.17. The van der Waals surface area contributed by atoms with Crippen LogP contribution < -0.4 is 5.32 Å². The van der Waals surface area contributed by atoms with Gasteiger partial charge in [0, 0.05) is 30.3 Å². The van der Waals surface area contributed by atoms with Gasteiger partial charge in [-0.25, -0.2) is 4.98 Å². The molecule has 0 aliphatic heterocycles. The first-order valence-electron chi connectivity index (χ1n) is 6.68. The summed E-state index contributed by atoms with van der Waals surface area (Å²) in [4.78, 5) is 20.0. The highest BCUT2D eigenvalue weighted by molar-refractivity contribution is 8.00. The molecule has 1 aromatic heterocycles. The molecule has 0 fully saturated rings. The van der Waals surface area contributed by atoms with Crippen molar-refractivity contribution in [1.82, 2.24) is 15.3 Å². The summed E-state index contributed by atoms with van der Waals surface area (Å²) in [5.41, 5.74) is 1.23. The van der Waals surface area contributed by atoms with Crippen LogP contribution in [0.4, 0.5) is 0 Å². The van der Waals surface area contributed by atoms with Crippen molar-refractivity contribution in [3.63, 3.8) is 0 Å². The number of hydrogen-bond acceptors (Lipinski definition) is 3. The third-order valence-electron chi connectivity index (χ3n) is 2.86. The molecule has 2 N–H and O–H groups in total. The van der Waals surface area contributed by atoms with Gasteiger partial charge >= 0.3 is 0 Å². The van der Waals surface area contributed by atoms with Crippen molar-refractivity contribution in [3.05, 3.63) is 48.0 Å². The summed E-state index contributed by atoms with van der Waals surface area (Å²) in [6.45, 7) is 2.74. The van der Waals surface area contributed by atoms with E-state index in [1.165, 1.54) is 5.56 Å². The molecule has 0 saturated heterocycles. The molecule has 1 amide bonds. The molecule has 5 heteroatoms. The molecule has 1 aromatic carbocycles. The van der Waals surface area contributed by atoms with E-state index < -0.39 is 0 Å². The van der Waals surface area contributed by atoms with Crippen molar-refractivity contribution in [2.75, 3.05) is 12.3 Å². The zero-order valence-electron chi connectivity index (χ0n) is 11.6. The fourth-order valence-corrected chi connectivity index (χ4v) is 2.48. The Morgan fingerprint density at radius 3 is 2.85 bits per heavy atom. The smallest absolute Gasteiger partial charge is 0.230 e.